The van der Waals surface area contributed by atoms with Gasteiger partial charge in [0.15, 0.2) is 0 Å². The molecule has 0 aliphatic heterocycles. The molecule has 2 aromatic carbocycles. The van der Waals surface area contributed by atoms with Crippen molar-refractivity contribution in [2.75, 3.05) is 13.7 Å². The summed E-state index contributed by atoms with van der Waals surface area (Å²) in [4.78, 5) is 14.8. The molecule has 0 saturated heterocycles. The van der Waals surface area contributed by atoms with Crippen molar-refractivity contribution < 1.29 is 9.53 Å². The van der Waals surface area contributed by atoms with E-state index in [1.54, 1.807) is 13.2 Å². The van der Waals surface area contributed by atoms with E-state index in [2.05, 4.69) is 10.0 Å². The van der Waals surface area contributed by atoms with Crippen LogP contribution in [0.2, 0.25) is 0 Å². The second-order valence-electron chi connectivity index (χ2n) is 5.54. The summed E-state index contributed by atoms with van der Waals surface area (Å²) >= 11 is 0. The highest BCUT2D eigenvalue weighted by Crippen LogP contribution is 2.22. The molecule has 2 N–H and O–H groups in total. The second kappa shape index (κ2) is 9.15. The Morgan fingerprint density at radius 3 is 2.48 bits per heavy atom. The maximum Gasteiger partial charge on any atom is 0.244 e. The Labute approximate surface area is 146 Å². The molecule has 1 unspecified atom stereocenters. The van der Waals surface area contributed by atoms with Crippen LogP contribution in [0.4, 0.5) is 0 Å². The van der Waals surface area contributed by atoms with Crippen LogP contribution in [0, 0.1) is 5.92 Å². The van der Waals surface area contributed by atoms with Crippen LogP contribution in [-0.4, -0.2) is 19.6 Å². The van der Waals surface area contributed by atoms with Gasteiger partial charge < -0.3 is 10.5 Å². The van der Waals surface area contributed by atoms with Crippen molar-refractivity contribution in [3.05, 3.63) is 81.7 Å². The van der Waals surface area contributed by atoms with Gasteiger partial charge in [-0.05, 0) is 47.2 Å². The van der Waals surface area contributed by atoms with Gasteiger partial charge in [-0.1, -0.05) is 47.6 Å². The van der Waals surface area contributed by atoms with E-state index < -0.39 is 5.91 Å². The smallest absolute Gasteiger partial charge is 0.244 e. The Bertz CT molecular complexity index is 779. The van der Waals surface area contributed by atoms with Gasteiger partial charge >= 0.3 is 0 Å². The van der Waals surface area contributed by atoms with Crippen molar-refractivity contribution in [1.82, 2.24) is 0 Å². The zero-order chi connectivity index (χ0) is 18.1. The molecule has 0 radical (unpaired) electrons. The van der Waals surface area contributed by atoms with Crippen molar-refractivity contribution in [2.24, 2.45) is 16.8 Å². The molecule has 6 nitrogen and oxygen atoms in total. The summed E-state index contributed by atoms with van der Waals surface area (Å²) in [6.45, 7) is 0.163. The number of ether oxygens (including phenoxy) is 1. The van der Waals surface area contributed by atoms with Crippen LogP contribution in [0.25, 0.3) is 16.5 Å². The van der Waals surface area contributed by atoms with Gasteiger partial charge in [-0.2, -0.15) is 0 Å². The first kappa shape index (κ1) is 18.1. The number of nitrogens with zero attached hydrogens (tertiary/aromatic N) is 3. The van der Waals surface area contributed by atoms with Crippen LogP contribution < -0.4 is 10.5 Å². The number of amides is 1. The van der Waals surface area contributed by atoms with Crippen molar-refractivity contribution >= 4 is 12.0 Å². The van der Waals surface area contributed by atoms with Gasteiger partial charge in [-0.15, -0.1) is 0 Å². The van der Waals surface area contributed by atoms with Gasteiger partial charge in [0.25, 0.3) is 0 Å². The van der Waals surface area contributed by atoms with Crippen molar-refractivity contribution in [3.63, 3.8) is 0 Å². The summed E-state index contributed by atoms with van der Waals surface area (Å²) in [5, 5.41) is 3.65. The maximum absolute atomic E-state index is 12.0. The van der Waals surface area contributed by atoms with Crippen molar-refractivity contribution in [2.45, 2.75) is 6.42 Å². The standard InChI is InChI=1S/C19H20N4O2/c1-25-17-9-7-15(8-10-17)12-18(19(20)24)16(13-22-23-21)11-14-5-3-2-4-6-14/h2-10,12,16H,11,13H2,1H3,(H2,20,24). The number of carbonyl (C=O) groups is 1. The summed E-state index contributed by atoms with van der Waals surface area (Å²) in [5.41, 5.74) is 16.6. The van der Waals surface area contributed by atoms with Gasteiger partial charge in [0.1, 0.15) is 5.75 Å². The molecule has 2 rings (SSSR count). The van der Waals surface area contributed by atoms with E-state index in [9.17, 15) is 4.79 Å². The number of primary amides is 1. The Morgan fingerprint density at radius 2 is 1.92 bits per heavy atom. The van der Waals surface area contributed by atoms with Crippen LogP contribution in [0.1, 0.15) is 11.1 Å². The highest BCUT2D eigenvalue weighted by Gasteiger charge is 2.19. The average molecular weight is 336 g/mol. The molecule has 0 spiro atoms. The number of benzene rings is 2. The molecule has 0 aromatic heterocycles. The number of methoxy groups -OCH3 is 1. The fourth-order valence-corrected chi connectivity index (χ4v) is 2.58. The number of rotatable bonds is 8. The zero-order valence-electron chi connectivity index (χ0n) is 14.0. The van der Waals surface area contributed by atoms with Crippen LogP contribution in [0.15, 0.2) is 65.3 Å². The minimum Gasteiger partial charge on any atom is -0.497 e. The predicted octanol–water partition coefficient (Wildman–Crippen LogP) is 3.73. The topological polar surface area (TPSA) is 101 Å². The largest absolute Gasteiger partial charge is 0.497 e. The first-order valence-corrected chi connectivity index (χ1v) is 7.84. The molecule has 0 aliphatic rings. The molecule has 1 atom stereocenters. The monoisotopic (exact) mass is 336 g/mol. The van der Waals surface area contributed by atoms with Gasteiger partial charge in [-0.3, -0.25) is 4.79 Å². The summed E-state index contributed by atoms with van der Waals surface area (Å²) in [5.74, 6) is -0.0875. The molecule has 0 bridgehead atoms. The summed E-state index contributed by atoms with van der Waals surface area (Å²) in [6, 6.07) is 17.0. The second-order valence-corrected chi connectivity index (χ2v) is 5.54. The molecule has 1 amide bonds. The zero-order valence-corrected chi connectivity index (χ0v) is 14.0. The minimum atomic E-state index is -0.523. The van der Waals surface area contributed by atoms with E-state index >= 15 is 0 Å². The van der Waals surface area contributed by atoms with E-state index in [1.807, 2.05) is 54.6 Å². The Morgan fingerprint density at radius 1 is 1.24 bits per heavy atom. The average Bonchev–Trinajstić information content (AvgIpc) is 2.64. The summed E-state index contributed by atoms with van der Waals surface area (Å²) in [6.07, 6.45) is 2.30. The highest BCUT2D eigenvalue weighted by atomic mass is 16.5. The van der Waals surface area contributed by atoms with Gasteiger partial charge in [0.2, 0.25) is 5.91 Å². The van der Waals surface area contributed by atoms with Gasteiger partial charge in [0, 0.05) is 17.0 Å². The number of hydrogen-bond acceptors (Lipinski definition) is 3. The first-order chi connectivity index (χ1) is 12.1. The van der Waals surface area contributed by atoms with Gasteiger partial charge in [0.05, 0.1) is 7.11 Å². The van der Waals surface area contributed by atoms with E-state index in [-0.39, 0.29) is 12.5 Å². The molecular weight excluding hydrogens is 316 g/mol. The lowest BCUT2D eigenvalue weighted by atomic mass is 9.90. The molecule has 0 saturated carbocycles. The quantitative estimate of drug-likeness (QED) is 0.343. The molecule has 128 valence electrons. The van der Waals surface area contributed by atoms with Crippen molar-refractivity contribution in [3.8, 4) is 5.75 Å². The maximum atomic E-state index is 12.0. The lowest BCUT2D eigenvalue weighted by Crippen LogP contribution is -2.24. The fourth-order valence-electron chi connectivity index (χ4n) is 2.58. The molecule has 2 aromatic rings. The summed E-state index contributed by atoms with van der Waals surface area (Å²) < 4.78 is 5.13. The van der Waals surface area contributed by atoms with Crippen LogP contribution >= 0.6 is 0 Å². The number of azide groups is 1. The molecule has 0 fully saturated rings. The lowest BCUT2D eigenvalue weighted by molar-refractivity contribution is -0.115. The molecule has 25 heavy (non-hydrogen) atoms. The number of hydrogen-bond donors (Lipinski definition) is 1. The van der Waals surface area contributed by atoms with E-state index in [0.29, 0.717) is 12.0 Å². The Kier molecular flexibility index (Phi) is 6.63. The third kappa shape index (κ3) is 5.41. The number of carbonyl (C=O) groups excluding carboxylic acids is 1. The SMILES string of the molecule is COc1ccc(C=C(C(N)=O)C(CN=[N+]=[N-])Cc2ccccc2)cc1. The van der Waals surface area contributed by atoms with Crippen LogP contribution in [-0.2, 0) is 11.2 Å². The van der Waals surface area contributed by atoms with Gasteiger partial charge in [-0.25, -0.2) is 0 Å². The summed E-state index contributed by atoms with van der Waals surface area (Å²) in [7, 11) is 1.59. The highest BCUT2D eigenvalue weighted by molar-refractivity contribution is 5.97. The normalized spacial score (nSPS) is 12.1. The fraction of sp³-hybridized carbons (Fsp3) is 0.211. The molecule has 6 heteroatoms. The van der Waals surface area contributed by atoms with Crippen molar-refractivity contribution in [1.29, 1.82) is 0 Å². The molecular formula is C19H20N4O2. The minimum absolute atomic E-state index is 0.163. The molecule has 0 heterocycles. The first-order valence-electron chi connectivity index (χ1n) is 7.84. The molecule has 0 aliphatic carbocycles. The van der Waals surface area contributed by atoms with E-state index in [0.717, 1.165) is 16.9 Å². The van der Waals surface area contributed by atoms with E-state index in [4.69, 9.17) is 16.0 Å². The third-order valence-electron chi connectivity index (χ3n) is 3.85. The van der Waals surface area contributed by atoms with Crippen LogP contribution in [0.5, 0.6) is 5.75 Å². The number of nitrogens with two attached hydrogens (primary N) is 1. The van der Waals surface area contributed by atoms with Crippen LogP contribution in [0.3, 0.4) is 0 Å². The Balaban J connectivity index is 2.34. The predicted molar refractivity (Wildman–Crippen MR) is 97.8 cm³/mol. The third-order valence-corrected chi connectivity index (χ3v) is 3.85. The van der Waals surface area contributed by atoms with E-state index in [1.165, 1.54) is 0 Å². The Hall–Kier alpha value is -3.24. The lowest BCUT2D eigenvalue weighted by Gasteiger charge is -2.17.